The van der Waals surface area contributed by atoms with Crippen LogP contribution in [-0.2, 0) is 0 Å². The molecule has 0 spiro atoms. The Morgan fingerprint density at radius 1 is 1.15 bits per heavy atom. The lowest BCUT2D eigenvalue weighted by molar-refractivity contribution is 0.0928. The Morgan fingerprint density at radius 2 is 1.90 bits per heavy atom. The molecule has 0 unspecified atom stereocenters. The lowest BCUT2D eigenvalue weighted by Gasteiger charge is -2.33. The molecule has 4 heteroatoms. The zero-order valence-electron chi connectivity index (χ0n) is 11.9. The maximum atomic E-state index is 6.03. The SMILES string of the molecule is Clc1ccc(OC2CCN(C[C@H]3CCNC3)CC2)cc1. The molecule has 1 atom stereocenters. The Kier molecular flexibility index (Phi) is 4.81. The lowest BCUT2D eigenvalue weighted by atomic mass is 10.0. The number of nitrogens with zero attached hydrogens (tertiary/aromatic N) is 1. The second-order valence-corrected chi connectivity index (χ2v) is 6.37. The Hall–Kier alpha value is -0.770. The van der Waals surface area contributed by atoms with E-state index in [1.54, 1.807) is 0 Å². The molecule has 20 heavy (non-hydrogen) atoms. The first-order valence-electron chi connectivity index (χ1n) is 7.65. The zero-order valence-corrected chi connectivity index (χ0v) is 12.6. The molecule has 2 heterocycles. The van der Waals surface area contributed by atoms with Gasteiger partial charge < -0.3 is 15.0 Å². The molecule has 0 radical (unpaired) electrons. The molecular formula is C16H23ClN2O. The second-order valence-electron chi connectivity index (χ2n) is 5.93. The van der Waals surface area contributed by atoms with E-state index in [2.05, 4.69) is 10.2 Å². The van der Waals surface area contributed by atoms with Crippen molar-refractivity contribution in [3.8, 4) is 5.75 Å². The van der Waals surface area contributed by atoms with Crippen molar-refractivity contribution in [3.05, 3.63) is 29.3 Å². The fourth-order valence-electron chi connectivity index (χ4n) is 3.15. The topological polar surface area (TPSA) is 24.5 Å². The second kappa shape index (κ2) is 6.79. The van der Waals surface area contributed by atoms with Gasteiger partial charge in [0.05, 0.1) is 0 Å². The molecule has 2 aliphatic heterocycles. The molecular weight excluding hydrogens is 272 g/mol. The fourth-order valence-corrected chi connectivity index (χ4v) is 3.28. The average molecular weight is 295 g/mol. The van der Waals surface area contributed by atoms with Gasteiger partial charge in [0.2, 0.25) is 0 Å². The molecule has 0 amide bonds. The maximum Gasteiger partial charge on any atom is 0.119 e. The summed E-state index contributed by atoms with van der Waals surface area (Å²) in [6, 6.07) is 7.69. The number of halogens is 1. The van der Waals surface area contributed by atoms with Crippen molar-refractivity contribution in [2.75, 3.05) is 32.7 Å². The Bertz CT molecular complexity index is 409. The summed E-state index contributed by atoms with van der Waals surface area (Å²) in [6.07, 6.45) is 3.95. The summed E-state index contributed by atoms with van der Waals surface area (Å²) < 4.78 is 6.03. The molecule has 0 aromatic heterocycles. The molecule has 2 fully saturated rings. The number of hydrogen-bond donors (Lipinski definition) is 1. The van der Waals surface area contributed by atoms with Gasteiger partial charge in [-0.3, -0.25) is 0 Å². The van der Waals surface area contributed by atoms with Crippen LogP contribution in [0.1, 0.15) is 19.3 Å². The van der Waals surface area contributed by atoms with Crippen LogP contribution in [0.5, 0.6) is 5.75 Å². The van der Waals surface area contributed by atoms with Gasteiger partial charge in [0, 0.05) is 24.7 Å². The van der Waals surface area contributed by atoms with E-state index < -0.39 is 0 Å². The average Bonchev–Trinajstić information content (AvgIpc) is 2.96. The highest BCUT2D eigenvalue weighted by atomic mass is 35.5. The standard InChI is InChI=1S/C16H23ClN2O/c17-14-1-3-15(4-2-14)20-16-6-9-19(10-7-16)12-13-5-8-18-11-13/h1-4,13,16,18H,5-12H2/t13-/m0/s1. The van der Waals surface area contributed by atoms with Crippen LogP contribution in [0.25, 0.3) is 0 Å². The van der Waals surface area contributed by atoms with Gasteiger partial charge in [-0.25, -0.2) is 0 Å². The quantitative estimate of drug-likeness (QED) is 0.924. The number of benzene rings is 1. The number of rotatable bonds is 4. The molecule has 0 aliphatic carbocycles. The fraction of sp³-hybridized carbons (Fsp3) is 0.625. The molecule has 1 aromatic carbocycles. The molecule has 2 saturated heterocycles. The Labute approximate surface area is 126 Å². The van der Waals surface area contributed by atoms with Crippen LogP contribution < -0.4 is 10.1 Å². The molecule has 3 rings (SSSR count). The van der Waals surface area contributed by atoms with E-state index in [4.69, 9.17) is 16.3 Å². The van der Waals surface area contributed by atoms with Crippen LogP contribution in [0.4, 0.5) is 0 Å². The first-order valence-corrected chi connectivity index (χ1v) is 8.03. The summed E-state index contributed by atoms with van der Waals surface area (Å²) in [5.74, 6) is 1.79. The van der Waals surface area contributed by atoms with Crippen molar-refractivity contribution in [2.24, 2.45) is 5.92 Å². The smallest absolute Gasteiger partial charge is 0.119 e. The summed E-state index contributed by atoms with van der Waals surface area (Å²) in [5.41, 5.74) is 0. The van der Waals surface area contributed by atoms with Crippen LogP contribution in [0.3, 0.4) is 0 Å². The molecule has 3 nitrogen and oxygen atoms in total. The van der Waals surface area contributed by atoms with Gasteiger partial charge in [0.25, 0.3) is 0 Å². The van der Waals surface area contributed by atoms with Gasteiger partial charge in [-0.15, -0.1) is 0 Å². The number of likely N-dealkylation sites (tertiary alicyclic amines) is 1. The van der Waals surface area contributed by atoms with Crippen molar-refractivity contribution in [2.45, 2.75) is 25.4 Å². The summed E-state index contributed by atoms with van der Waals surface area (Å²) in [5, 5.41) is 4.21. The van der Waals surface area contributed by atoms with Crippen molar-refractivity contribution in [1.82, 2.24) is 10.2 Å². The molecule has 1 aromatic rings. The number of nitrogens with one attached hydrogen (secondary N) is 1. The Morgan fingerprint density at radius 3 is 2.55 bits per heavy atom. The van der Waals surface area contributed by atoms with Crippen molar-refractivity contribution in [3.63, 3.8) is 0 Å². The molecule has 2 aliphatic rings. The summed E-state index contributed by atoms with van der Waals surface area (Å²) in [7, 11) is 0. The van der Waals surface area contributed by atoms with Crippen molar-refractivity contribution >= 4 is 11.6 Å². The van der Waals surface area contributed by atoms with Crippen LogP contribution >= 0.6 is 11.6 Å². The van der Waals surface area contributed by atoms with E-state index in [9.17, 15) is 0 Å². The normalized spacial score (nSPS) is 24.9. The van der Waals surface area contributed by atoms with Crippen LogP contribution in [0.15, 0.2) is 24.3 Å². The highest BCUT2D eigenvalue weighted by molar-refractivity contribution is 6.30. The first kappa shape index (κ1) is 14.2. The van der Waals surface area contributed by atoms with E-state index in [0.29, 0.717) is 6.10 Å². The predicted molar refractivity (Wildman–Crippen MR) is 82.5 cm³/mol. The molecule has 110 valence electrons. The highest BCUT2D eigenvalue weighted by Gasteiger charge is 2.24. The molecule has 1 N–H and O–H groups in total. The van der Waals surface area contributed by atoms with Gasteiger partial charge in [-0.1, -0.05) is 11.6 Å². The van der Waals surface area contributed by atoms with Crippen molar-refractivity contribution < 1.29 is 4.74 Å². The van der Waals surface area contributed by atoms with Gasteiger partial charge >= 0.3 is 0 Å². The lowest BCUT2D eigenvalue weighted by Crippen LogP contribution is -2.40. The largest absolute Gasteiger partial charge is 0.490 e. The number of piperidine rings is 1. The van der Waals surface area contributed by atoms with E-state index in [-0.39, 0.29) is 0 Å². The Balaban J connectivity index is 1.42. The van der Waals surface area contributed by atoms with E-state index >= 15 is 0 Å². The van der Waals surface area contributed by atoms with Crippen molar-refractivity contribution in [1.29, 1.82) is 0 Å². The third-order valence-corrected chi connectivity index (χ3v) is 4.58. The van der Waals surface area contributed by atoms with Gasteiger partial charge in [0.15, 0.2) is 0 Å². The molecule has 0 bridgehead atoms. The van der Waals surface area contributed by atoms with Gasteiger partial charge in [0.1, 0.15) is 11.9 Å². The van der Waals surface area contributed by atoms with Gasteiger partial charge in [-0.2, -0.15) is 0 Å². The first-order chi connectivity index (χ1) is 9.79. The minimum absolute atomic E-state index is 0.356. The maximum absolute atomic E-state index is 6.03. The number of ether oxygens (including phenoxy) is 1. The van der Waals surface area contributed by atoms with E-state index in [0.717, 1.165) is 42.6 Å². The third-order valence-electron chi connectivity index (χ3n) is 4.33. The summed E-state index contributed by atoms with van der Waals surface area (Å²) >= 11 is 5.89. The van der Waals surface area contributed by atoms with E-state index in [1.807, 2.05) is 24.3 Å². The van der Waals surface area contributed by atoms with Crippen LogP contribution in [0.2, 0.25) is 5.02 Å². The summed E-state index contributed by atoms with van der Waals surface area (Å²) in [6.45, 7) is 5.96. The predicted octanol–water partition coefficient (Wildman–Crippen LogP) is 2.79. The zero-order chi connectivity index (χ0) is 13.8. The van der Waals surface area contributed by atoms with Gasteiger partial charge in [-0.05, 0) is 62.5 Å². The summed E-state index contributed by atoms with van der Waals surface area (Å²) in [4.78, 5) is 2.60. The van der Waals surface area contributed by atoms with E-state index in [1.165, 1.54) is 26.1 Å². The molecule has 0 saturated carbocycles. The highest BCUT2D eigenvalue weighted by Crippen LogP contribution is 2.22. The minimum Gasteiger partial charge on any atom is -0.490 e. The number of hydrogen-bond acceptors (Lipinski definition) is 3. The van der Waals surface area contributed by atoms with Crippen LogP contribution in [-0.4, -0.2) is 43.7 Å². The van der Waals surface area contributed by atoms with Crippen LogP contribution in [0, 0.1) is 5.92 Å². The third kappa shape index (κ3) is 3.87. The minimum atomic E-state index is 0.356. The monoisotopic (exact) mass is 294 g/mol.